The zero-order chi connectivity index (χ0) is 17.1. The number of hydrogen-bond acceptors (Lipinski definition) is 2. The molecule has 0 fully saturated rings. The molecule has 0 spiro atoms. The molecule has 0 aliphatic carbocycles. The Balaban J connectivity index is 2.19. The molecule has 3 aromatic rings. The minimum absolute atomic E-state index is 1.00. The van der Waals surface area contributed by atoms with Gasteiger partial charge in [0.1, 0.15) is 0 Å². The maximum absolute atomic E-state index is 4.52. The summed E-state index contributed by atoms with van der Waals surface area (Å²) < 4.78 is 0. The standard InChI is InChI=1S/C22H23NS/c1-4-18-10-12-20(13-11-18)23(19-8-6-5-7-9-19)22-16(2)14-21(24)15-17(22)3/h5-15,24H,4H2,1-3H3. The van der Waals surface area contributed by atoms with Crippen LogP contribution in [0.2, 0.25) is 0 Å². The van der Waals surface area contributed by atoms with E-state index in [2.05, 4.69) is 105 Å². The average molecular weight is 334 g/mol. The predicted octanol–water partition coefficient (Wildman–Crippen LogP) is 6.62. The van der Waals surface area contributed by atoms with E-state index in [1.807, 2.05) is 0 Å². The molecule has 0 unspecified atom stereocenters. The average Bonchev–Trinajstić information content (AvgIpc) is 2.59. The molecule has 0 radical (unpaired) electrons. The third-order valence-corrected chi connectivity index (χ3v) is 4.57. The highest BCUT2D eigenvalue weighted by atomic mass is 32.1. The molecule has 0 bridgehead atoms. The summed E-state index contributed by atoms with van der Waals surface area (Å²) in [7, 11) is 0. The van der Waals surface area contributed by atoms with Crippen molar-refractivity contribution in [2.24, 2.45) is 0 Å². The normalized spacial score (nSPS) is 10.7. The summed E-state index contributed by atoms with van der Waals surface area (Å²) in [6.45, 7) is 6.49. The van der Waals surface area contributed by atoms with E-state index in [4.69, 9.17) is 0 Å². The smallest absolute Gasteiger partial charge is 0.0520 e. The largest absolute Gasteiger partial charge is 0.310 e. The molecule has 1 nitrogen and oxygen atoms in total. The molecule has 0 aliphatic heterocycles. The molecule has 0 aromatic heterocycles. The van der Waals surface area contributed by atoms with Crippen LogP contribution >= 0.6 is 12.6 Å². The van der Waals surface area contributed by atoms with E-state index in [1.165, 1.54) is 33.8 Å². The van der Waals surface area contributed by atoms with E-state index in [1.54, 1.807) is 0 Å². The first-order chi connectivity index (χ1) is 11.6. The first kappa shape index (κ1) is 16.7. The summed E-state index contributed by atoms with van der Waals surface area (Å²) >= 11 is 4.52. The number of rotatable bonds is 4. The van der Waals surface area contributed by atoms with Crippen molar-refractivity contribution in [2.75, 3.05) is 4.90 Å². The summed E-state index contributed by atoms with van der Waals surface area (Å²) in [5.41, 5.74) is 7.37. The second-order valence-corrected chi connectivity index (χ2v) is 6.64. The van der Waals surface area contributed by atoms with Gasteiger partial charge in [-0.25, -0.2) is 0 Å². The van der Waals surface area contributed by atoms with Gasteiger partial charge < -0.3 is 4.90 Å². The lowest BCUT2D eigenvalue weighted by molar-refractivity contribution is 1.13. The molecule has 0 aliphatic rings. The van der Waals surface area contributed by atoms with Crippen molar-refractivity contribution in [3.05, 3.63) is 83.4 Å². The van der Waals surface area contributed by atoms with Crippen LogP contribution in [-0.4, -0.2) is 0 Å². The fraction of sp³-hybridized carbons (Fsp3) is 0.182. The van der Waals surface area contributed by atoms with Crippen LogP contribution in [-0.2, 0) is 6.42 Å². The van der Waals surface area contributed by atoms with Gasteiger partial charge in [-0.1, -0.05) is 37.3 Å². The highest BCUT2D eigenvalue weighted by Crippen LogP contribution is 2.39. The van der Waals surface area contributed by atoms with E-state index in [0.717, 1.165) is 11.3 Å². The number of benzene rings is 3. The first-order valence-corrected chi connectivity index (χ1v) is 8.79. The topological polar surface area (TPSA) is 3.24 Å². The van der Waals surface area contributed by atoms with Gasteiger partial charge in [0, 0.05) is 16.3 Å². The van der Waals surface area contributed by atoms with Crippen molar-refractivity contribution in [1.29, 1.82) is 0 Å². The van der Waals surface area contributed by atoms with E-state index in [9.17, 15) is 0 Å². The van der Waals surface area contributed by atoms with Crippen LogP contribution in [0.5, 0.6) is 0 Å². The van der Waals surface area contributed by atoms with Gasteiger partial charge >= 0.3 is 0 Å². The highest BCUT2D eigenvalue weighted by molar-refractivity contribution is 7.80. The summed E-state index contributed by atoms with van der Waals surface area (Å²) in [4.78, 5) is 3.33. The Hall–Kier alpha value is -2.19. The maximum atomic E-state index is 4.52. The zero-order valence-corrected chi connectivity index (χ0v) is 15.3. The molecule has 24 heavy (non-hydrogen) atoms. The molecule has 3 rings (SSSR count). The molecule has 0 saturated heterocycles. The maximum Gasteiger partial charge on any atom is 0.0520 e. The molecule has 0 saturated carbocycles. The SMILES string of the molecule is CCc1ccc(N(c2ccccc2)c2c(C)cc(S)cc2C)cc1. The second-order valence-electron chi connectivity index (χ2n) is 6.12. The lowest BCUT2D eigenvalue weighted by Crippen LogP contribution is -2.13. The van der Waals surface area contributed by atoms with Gasteiger partial charge in [0.15, 0.2) is 0 Å². The lowest BCUT2D eigenvalue weighted by atomic mass is 10.0. The molecular formula is C22H23NS. The number of para-hydroxylation sites is 1. The summed E-state index contributed by atoms with van der Waals surface area (Å²) in [6, 6.07) is 23.6. The van der Waals surface area contributed by atoms with Gasteiger partial charge in [0.05, 0.1) is 5.69 Å². The van der Waals surface area contributed by atoms with Crippen LogP contribution in [0.1, 0.15) is 23.6 Å². The predicted molar refractivity (Wildman–Crippen MR) is 107 cm³/mol. The molecule has 3 aromatic carbocycles. The lowest BCUT2D eigenvalue weighted by Gasteiger charge is -2.29. The first-order valence-electron chi connectivity index (χ1n) is 8.34. The molecule has 0 amide bonds. The Labute approximate surface area is 150 Å². The van der Waals surface area contributed by atoms with E-state index < -0.39 is 0 Å². The third kappa shape index (κ3) is 3.34. The molecule has 0 N–H and O–H groups in total. The Kier molecular flexibility index (Phi) is 4.96. The van der Waals surface area contributed by atoms with Crippen LogP contribution in [0.15, 0.2) is 71.6 Å². The van der Waals surface area contributed by atoms with E-state index >= 15 is 0 Å². The zero-order valence-electron chi connectivity index (χ0n) is 14.5. The number of thiol groups is 1. The molecular weight excluding hydrogens is 310 g/mol. The Morgan fingerprint density at radius 2 is 1.33 bits per heavy atom. The Bertz CT molecular complexity index is 799. The van der Waals surface area contributed by atoms with Crippen molar-refractivity contribution in [2.45, 2.75) is 32.1 Å². The minimum atomic E-state index is 1.00. The van der Waals surface area contributed by atoms with Crippen molar-refractivity contribution < 1.29 is 0 Å². The van der Waals surface area contributed by atoms with Gasteiger partial charge in [-0.15, -0.1) is 12.6 Å². The van der Waals surface area contributed by atoms with Crippen molar-refractivity contribution >= 4 is 29.7 Å². The highest BCUT2D eigenvalue weighted by Gasteiger charge is 2.16. The minimum Gasteiger partial charge on any atom is -0.310 e. The second kappa shape index (κ2) is 7.14. The molecule has 122 valence electrons. The van der Waals surface area contributed by atoms with Gasteiger partial charge in [-0.3, -0.25) is 0 Å². The Morgan fingerprint density at radius 1 is 0.792 bits per heavy atom. The van der Waals surface area contributed by atoms with E-state index in [-0.39, 0.29) is 0 Å². The Morgan fingerprint density at radius 3 is 1.88 bits per heavy atom. The fourth-order valence-corrected chi connectivity index (χ4v) is 3.54. The van der Waals surface area contributed by atoms with Crippen LogP contribution in [0.3, 0.4) is 0 Å². The number of aryl methyl sites for hydroxylation is 3. The van der Waals surface area contributed by atoms with Crippen molar-refractivity contribution in [1.82, 2.24) is 0 Å². The quantitative estimate of drug-likeness (QED) is 0.525. The van der Waals surface area contributed by atoms with Crippen LogP contribution in [0.25, 0.3) is 0 Å². The van der Waals surface area contributed by atoms with Crippen molar-refractivity contribution in [3.8, 4) is 0 Å². The van der Waals surface area contributed by atoms with Gasteiger partial charge in [-0.2, -0.15) is 0 Å². The molecule has 2 heteroatoms. The van der Waals surface area contributed by atoms with Crippen LogP contribution in [0, 0.1) is 13.8 Å². The van der Waals surface area contributed by atoms with Crippen LogP contribution < -0.4 is 4.90 Å². The van der Waals surface area contributed by atoms with Gasteiger partial charge in [0.25, 0.3) is 0 Å². The number of hydrogen-bond donors (Lipinski definition) is 1. The summed E-state index contributed by atoms with van der Waals surface area (Å²) in [5.74, 6) is 0. The summed E-state index contributed by atoms with van der Waals surface area (Å²) in [5, 5.41) is 0. The van der Waals surface area contributed by atoms with Gasteiger partial charge in [0.2, 0.25) is 0 Å². The summed E-state index contributed by atoms with van der Waals surface area (Å²) in [6.07, 6.45) is 1.05. The van der Waals surface area contributed by atoms with Gasteiger partial charge in [-0.05, 0) is 73.4 Å². The van der Waals surface area contributed by atoms with E-state index in [0.29, 0.717) is 0 Å². The number of nitrogens with zero attached hydrogens (tertiary/aromatic N) is 1. The molecule has 0 heterocycles. The number of anilines is 3. The van der Waals surface area contributed by atoms with Crippen LogP contribution in [0.4, 0.5) is 17.1 Å². The molecule has 0 atom stereocenters. The van der Waals surface area contributed by atoms with Crippen molar-refractivity contribution in [3.63, 3.8) is 0 Å². The fourth-order valence-electron chi connectivity index (χ4n) is 3.15. The third-order valence-electron chi connectivity index (χ3n) is 4.32. The monoisotopic (exact) mass is 333 g/mol.